The van der Waals surface area contributed by atoms with Crippen molar-refractivity contribution in [3.8, 4) is 16.2 Å². The van der Waals surface area contributed by atoms with Gasteiger partial charge < -0.3 is 9.29 Å². The van der Waals surface area contributed by atoms with Gasteiger partial charge in [-0.25, -0.2) is 0 Å². The van der Waals surface area contributed by atoms with Gasteiger partial charge in [-0.2, -0.15) is 0 Å². The number of hydrogen-bond donors (Lipinski definition) is 0. The Kier molecular flexibility index (Phi) is 3.38. The van der Waals surface area contributed by atoms with Crippen LogP contribution in [0, 0.1) is 0 Å². The second-order valence-corrected chi connectivity index (χ2v) is 5.33. The topological polar surface area (TPSA) is 49.4 Å². The molecule has 0 aliphatic heterocycles. The van der Waals surface area contributed by atoms with Crippen molar-refractivity contribution >= 4 is 22.4 Å². The molecule has 0 fully saturated rings. The van der Waals surface area contributed by atoms with Gasteiger partial charge in [0.15, 0.2) is 0 Å². The SMILES string of the molecule is COc1ccc(-c2ccc(S(=O)[O-])s2)cc1. The summed E-state index contributed by atoms with van der Waals surface area (Å²) < 4.78 is 26.9. The molecule has 0 radical (unpaired) electrons. The van der Waals surface area contributed by atoms with Crippen molar-refractivity contribution in [1.82, 2.24) is 0 Å². The zero-order valence-corrected chi connectivity index (χ0v) is 10.1. The van der Waals surface area contributed by atoms with Gasteiger partial charge in [-0.1, -0.05) is 0 Å². The minimum Gasteiger partial charge on any atom is -0.768 e. The summed E-state index contributed by atoms with van der Waals surface area (Å²) in [6.07, 6.45) is 0. The second-order valence-electron chi connectivity index (χ2n) is 3.08. The molecule has 1 aromatic carbocycles. The molecule has 0 saturated heterocycles. The Hall–Kier alpha value is -1.17. The lowest BCUT2D eigenvalue weighted by Crippen LogP contribution is -1.81. The first-order valence-corrected chi connectivity index (χ1v) is 6.43. The van der Waals surface area contributed by atoms with E-state index in [2.05, 4.69) is 0 Å². The Morgan fingerprint density at radius 2 is 1.88 bits per heavy atom. The minimum atomic E-state index is -2.14. The lowest BCUT2D eigenvalue weighted by molar-refractivity contribution is 0.415. The third kappa shape index (κ3) is 2.32. The summed E-state index contributed by atoms with van der Waals surface area (Å²) >= 11 is -0.890. The fourth-order valence-corrected chi connectivity index (χ4v) is 2.78. The fourth-order valence-electron chi connectivity index (χ4n) is 1.32. The van der Waals surface area contributed by atoms with Gasteiger partial charge in [0.05, 0.1) is 11.3 Å². The van der Waals surface area contributed by atoms with E-state index in [1.807, 2.05) is 24.3 Å². The molecule has 1 atom stereocenters. The largest absolute Gasteiger partial charge is 0.768 e. The van der Waals surface area contributed by atoms with Gasteiger partial charge in [-0.3, -0.25) is 4.21 Å². The zero-order chi connectivity index (χ0) is 11.5. The Bertz CT molecular complexity index is 502. The number of methoxy groups -OCH3 is 1. The highest BCUT2D eigenvalue weighted by Crippen LogP contribution is 2.30. The van der Waals surface area contributed by atoms with Gasteiger partial charge in [0, 0.05) is 4.88 Å². The fraction of sp³-hybridized carbons (Fsp3) is 0.0909. The van der Waals surface area contributed by atoms with Gasteiger partial charge in [-0.15, -0.1) is 11.3 Å². The zero-order valence-electron chi connectivity index (χ0n) is 8.51. The van der Waals surface area contributed by atoms with Crippen LogP contribution in [0.5, 0.6) is 5.75 Å². The number of hydrogen-bond acceptors (Lipinski definition) is 4. The third-order valence-electron chi connectivity index (χ3n) is 2.12. The summed E-state index contributed by atoms with van der Waals surface area (Å²) in [5, 5.41) is 0. The van der Waals surface area contributed by atoms with Crippen molar-refractivity contribution in [2.24, 2.45) is 0 Å². The maximum absolute atomic E-state index is 10.7. The van der Waals surface area contributed by atoms with Crippen LogP contribution < -0.4 is 4.74 Å². The van der Waals surface area contributed by atoms with Gasteiger partial charge in [0.2, 0.25) is 0 Å². The number of ether oxygens (including phenoxy) is 1. The molecule has 5 heteroatoms. The summed E-state index contributed by atoms with van der Waals surface area (Å²) in [6.45, 7) is 0. The molecule has 1 heterocycles. The average molecular weight is 253 g/mol. The van der Waals surface area contributed by atoms with Crippen LogP contribution in [0.25, 0.3) is 10.4 Å². The first kappa shape index (κ1) is 11.3. The van der Waals surface area contributed by atoms with E-state index in [9.17, 15) is 8.76 Å². The van der Waals surface area contributed by atoms with Crippen LogP contribution in [-0.4, -0.2) is 15.9 Å². The molecule has 16 heavy (non-hydrogen) atoms. The van der Waals surface area contributed by atoms with Crippen LogP contribution in [0.3, 0.4) is 0 Å². The first-order chi connectivity index (χ1) is 7.70. The van der Waals surface area contributed by atoms with Crippen LogP contribution >= 0.6 is 11.3 Å². The summed E-state index contributed by atoms with van der Waals surface area (Å²) in [5.41, 5.74) is 0.988. The van der Waals surface area contributed by atoms with E-state index in [-0.39, 0.29) is 0 Å². The molecule has 84 valence electrons. The van der Waals surface area contributed by atoms with Crippen molar-refractivity contribution in [2.45, 2.75) is 4.21 Å². The molecule has 2 rings (SSSR count). The Labute approximate surface area is 100.0 Å². The first-order valence-electron chi connectivity index (χ1n) is 4.54. The van der Waals surface area contributed by atoms with Crippen LogP contribution in [0.1, 0.15) is 0 Å². The van der Waals surface area contributed by atoms with Crippen LogP contribution in [-0.2, 0) is 11.1 Å². The maximum atomic E-state index is 10.7. The molecule has 0 aliphatic carbocycles. The highest BCUT2D eigenvalue weighted by molar-refractivity contribution is 7.81. The predicted molar refractivity (Wildman–Crippen MR) is 63.5 cm³/mol. The molecule has 0 bridgehead atoms. The number of rotatable bonds is 3. The quantitative estimate of drug-likeness (QED) is 0.790. The molecule has 0 aliphatic rings. The van der Waals surface area contributed by atoms with E-state index in [0.717, 1.165) is 16.2 Å². The minimum absolute atomic E-state index is 0.353. The van der Waals surface area contributed by atoms with Crippen molar-refractivity contribution in [3.63, 3.8) is 0 Å². The van der Waals surface area contributed by atoms with E-state index in [0.29, 0.717) is 4.21 Å². The molecule has 0 N–H and O–H groups in total. The standard InChI is InChI=1S/C11H10O3S2/c1-14-9-4-2-8(3-5-9)10-6-7-11(15-10)16(12)13/h2-7H,1H3,(H,12,13)/p-1. The highest BCUT2D eigenvalue weighted by atomic mass is 32.2. The van der Waals surface area contributed by atoms with Crippen LogP contribution in [0.2, 0.25) is 0 Å². The number of thiophene rings is 1. The van der Waals surface area contributed by atoms with Crippen molar-refractivity contribution < 1.29 is 13.5 Å². The van der Waals surface area contributed by atoms with E-state index in [4.69, 9.17) is 4.74 Å². The molecule has 0 amide bonds. The summed E-state index contributed by atoms with van der Waals surface area (Å²) in [7, 11) is 1.61. The normalized spacial score (nSPS) is 12.4. The lowest BCUT2D eigenvalue weighted by atomic mass is 10.2. The Morgan fingerprint density at radius 3 is 2.38 bits per heavy atom. The van der Waals surface area contributed by atoms with E-state index >= 15 is 0 Å². The van der Waals surface area contributed by atoms with Gasteiger partial charge in [0.25, 0.3) is 0 Å². The molecule has 1 unspecified atom stereocenters. The Morgan fingerprint density at radius 1 is 1.19 bits per heavy atom. The van der Waals surface area contributed by atoms with Crippen molar-refractivity contribution in [2.75, 3.05) is 7.11 Å². The second kappa shape index (κ2) is 4.78. The monoisotopic (exact) mass is 253 g/mol. The highest BCUT2D eigenvalue weighted by Gasteiger charge is 2.03. The summed E-state index contributed by atoms with van der Waals surface area (Å²) in [5.74, 6) is 0.785. The predicted octanol–water partition coefficient (Wildman–Crippen LogP) is 2.66. The molecule has 1 aromatic heterocycles. The van der Waals surface area contributed by atoms with Crippen molar-refractivity contribution in [1.29, 1.82) is 0 Å². The molecule has 2 aromatic rings. The van der Waals surface area contributed by atoms with E-state index < -0.39 is 11.1 Å². The molecular formula is C11H9O3S2-. The van der Waals surface area contributed by atoms with Gasteiger partial charge in [-0.05, 0) is 53.0 Å². The Balaban J connectivity index is 2.31. The van der Waals surface area contributed by atoms with Crippen LogP contribution in [0.4, 0.5) is 0 Å². The molecule has 0 spiro atoms. The van der Waals surface area contributed by atoms with E-state index in [1.54, 1.807) is 19.2 Å². The maximum Gasteiger partial charge on any atom is 0.118 e. The summed E-state index contributed by atoms with van der Waals surface area (Å²) in [4.78, 5) is 0.932. The van der Waals surface area contributed by atoms with Crippen molar-refractivity contribution in [3.05, 3.63) is 36.4 Å². The lowest BCUT2D eigenvalue weighted by Gasteiger charge is -2.01. The van der Waals surface area contributed by atoms with Gasteiger partial charge in [0.1, 0.15) is 5.75 Å². The average Bonchev–Trinajstić information content (AvgIpc) is 2.78. The summed E-state index contributed by atoms with van der Waals surface area (Å²) in [6, 6.07) is 10.9. The third-order valence-corrected chi connectivity index (χ3v) is 4.17. The van der Waals surface area contributed by atoms with E-state index in [1.165, 1.54) is 11.3 Å². The van der Waals surface area contributed by atoms with Crippen LogP contribution in [0.15, 0.2) is 40.6 Å². The number of benzene rings is 1. The molecule has 0 saturated carbocycles. The smallest absolute Gasteiger partial charge is 0.118 e. The molecule has 3 nitrogen and oxygen atoms in total. The molecular weight excluding hydrogens is 244 g/mol. The van der Waals surface area contributed by atoms with Gasteiger partial charge >= 0.3 is 0 Å².